The molecule has 0 saturated heterocycles. The molecule has 0 saturated carbocycles. The van der Waals surface area contributed by atoms with Crippen molar-refractivity contribution in [3.63, 3.8) is 0 Å². The quantitative estimate of drug-likeness (QED) is 0.357. The summed E-state index contributed by atoms with van der Waals surface area (Å²) in [4.78, 5) is 16.5. The van der Waals surface area contributed by atoms with Crippen LogP contribution in [0, 0.1) is 20.8 Å². The number of benzene rings is 2. The van der Waals surface area contributed by atoms with E-state index in [4.69, 9.17) is 4.74 Å². The van der Waals surface area contributed by atoms with Gasteiger partial charge < -0.3 is 9.30 Å². The minimum Gasteiger partial charge on any atom is -0.462 e. The number of esters is 1. The maximum atomic E-state index is 11.8. The fourth-order valence-electron chi connectivity index (χ4n) is 3.13. The molecule has 0 fully saturated rings. The van der Waals surface area contributed by atoms with Crippen LogP contribution in [-0.2, 0) is 4.74 Å². The number of aromatic nitrogens is 1. The first-order valence-corrected chi connectivity index (χ1v) is 9.96. The lowest BCUT2D eigenvalue weighted by Crippen LogP contribution is -2.05. The van der Waals surface area contributed by atoms with Crippen molar-refractivity contribution in [2.75, 3.05) is 6.61 Å². The summed E-state index contributed by atoms with van der Waals surface area (Å²) in [6.45, 7) is 8.36. The van der Waals surface area contributed by atoms with Gasteiger partial charge in [-0.15, -0.1) is 0 Å². The molecule has 0 aliphatic carbocycles. The number of hydrogen-bond donors (Lipinski definition) is 0. The Balaban J connectivity index is 1.89. The highest BCUT2D eigenvalue weighted by Crippen LogP contribution is 2.27. The van der Waals surface area contributed by atoms with Crippen LogP contribution >= 0.6 is 15.9 Å². The van der Waals surface area contributed by atoms with Crippen molar-refractivity contribution in [1.82, 2.24) is 4.57 Å². The number of nitrogens with zero attached hydrogens (tertiary/aromatic N) is 2. The maximum absolute atomic E-state index is 11.8. The Morgan fingerprint density at radius 3 is 2.46 bits per heavy atom. The van der Waals surface area contributed by atoms with Gasteiger partial charge in [0.15, 0.2) is 0 Å². The molecule has 5 heteroatoms. The SMILES string of the molecule is CCOC(=O)c1ccc(-n2c(C)cc(C=Nc3ccc(C)cc3Br)c2C)cc1. The number of ether oxygens (including phenoxy) is 1. The highest BCUT2D eigenvalue weighted by molar-refractivity contribution is 9.10. The van der Waals surface area contributed by atoms with E-state index in [-0.39, 0.29) is 5.97 Å². The fraction of sp³-hybridized carbons (Fsp3) is 0.217. The molecule has 0 spiro atoms. The van der Waals surface area contributed by atoms with Gasteiger partial charge in [0.05, 0.1) is 17.9 Å². The molecule has 3 rings (SSSR count). The van der Waals surface area contributed by atoms with E-state index in [2.05, 4.69) is 58.4 Å². The van der Waals surface area contributed by atoms with Gasteiger partial charge >= 0.3 is 5.97 Å². The molecule has 0 bridgehead atoms. The van der Waals surface area contributed by atoms with Gasteiger partial charge in [0.25, 0.3) is 0 Å². The smallest absolute Gasteiger partial charge is 0.338 e. The van der Waals surface area contributed by atoms with Crippen molar-refractivity contribution >= 4 is 33.8 Å². The first kappa shape index (κ1) is 20.1. The summed E-state index contributed by atoms with van der Waals surface area (Å²) in [5.41, 5.74) is 6.89. The van der Waals surface area contributed by atoms with Crippen LogP contribution < -0.4 is 0 Å². The van der Waals surface area contributed by atoms with Gasteiger partial charge in [-0.3, -0.25) is 4.99 Å². The molecular formula is C23H23BrN2O2. The molecule has 0 unspecified atom stereocenters. The lowest BCUT2D eigenvalue weighted by molar-refractivity contribution is 0.0526. The Bertz CT molecular complexity index is 1030. The van der Waals surface area contributed by atoms with E-state index in [0.717, 1.165) is 32.8 Å². The normalized spacial score (nSPS) is 11.2. The third-order valence-corrected chi connectivity index (χ3v) is 5.19. The molecule has 4 nitrogen and oxygen atoms in total. The largest absolute Gasteiger partial charge is 0.462 e. The molecule has 0 radical (unpaired) electrons. The van der Waals surface area contributed by atoms with Gasteiger partial charge in [-0.25, -0.2) is 4.79 Å². The van der Waals surface area contributed by atoms with Gasteiger partial charge in [-0.05, 0) is 91.7 Å². The standard InChI is InChI=1S/C23H23BrN2O2/c1-5-28-23(27)18-7-9-20(10-8-18)26-16(3)13-19(17(26)4)14-25-22-11-6-15(2)12-21(22)24/h6-14H,5H2,1-4H3. The summed E-state index contributed by atoms with van der Waals surface area (Å²) < 4.78 is 8.18. The number of aliphatic imine (C=N–C) groups is 1. The molecule has 144 valence electrons. The highest BCUT2D eigenvalue weighted by Gasteiger charge is 2.11. The zero-order chi connectivity index (χ0) is 20.3. The third kappa shape index (κ3) is 4.25. The van der Waals surface area contributed by atoms with E-state index in [1.165, 1.54) is 5.56 Å². The molecule has 0 atom stereocenters. The lowest BCUT2D eigenvalue weighted by atomic mass is 10.2. The van der Waals surface area contributed by atoms with Gasteiger partial charge in [-0.2, -0.15) is 0 Å². The van der Waals surface area contributed by atoms with Crippen molar-refractivity contribution in [3.8, 4) is 5.69 Å². The Morgan fingerprint density at radius 1 is 1.11 bits per heavy atom. The second-order valence-corrected chi connectivity index (χ2v) is 7.50. The molecule has 28 heavy (non-hydrogen) atoms. The van der Waals surface area contributed by atoms with Crippen LogP contribution in [0.1, 0.15) is 39.8 Å². The predicted molar refractivity (Wildman–Crippen MR) is 117 cm³/mol. The summed E-state index contributed by atoms with van der Waals surface area (Å²) in [5, 5.41) is 0. The van der Waals surface area contributed by atoms with Gasteiger partial charge in [0, 0.05) is 33.3 Å². The van der Waals surface area contributed by atoms with E-state index in [1.54, 1.807) is 19.1 Å². The topological polar surface area (TPSA) is 43.6 Å². The summed E-state index contributed by atoms with van der Waals surface area (Å²) in [5.74, 6) is -0.300. The second-order valence-electron chi connectivity index (χ2n) is 6.64. The highest BCUT2D eigenvalue weighted by atomic mass is 79.9. The molecule has 0 aliphatic rings. The van der Waals surface area contributed by atoms with Crippen LogP contribution in [0.4, 0.5) is 5.69 Å². The average molecular weight is 439 g/mol. The third-order valence-electron chi connectivity index (χ3n) is 4.55. The number of rotatable bonds is 5. The van der Waals surface area contributed by atoms with Gasteiger partial charge in [0.1, 0.15) is 0 Å². The van der Waals surface area contributed by atoms with Crippen LogP contribution in [0.15, 0.2) is 58.0 Å². The first-order chi connectivity index (χ1) is 13.4. The van der Waals surface area contributed by atoms with Crippen LogP contribution in [0.5, 0.6) is 0 Å². The van der Waals surface area contributed by atoms with Crippen molar-refractivity contribution in [2.24, 2.45) is 4.99 Å². The number of hydrogen-bond acceptors (Lipinski definition) is 3. The molecule has 1 aromatic heterocycles. The van der Waals surface area contributed by atoms with Gasteiger partial charge in [-0.1, -0.05) is 6.07 Å². The van der Waals surface area contributed by atoms with Crippen LogP contribution in [-0.4, -0.2) is 23.4 Å². The molecular weight excluding hydrogens is 416 g/mol. The minimum absolute atomic E-state index is 0.300. The average Bonchev–Trinajstić information content (AvgIpc) is 2.95. The molecule has 0 aliphatic heterocycles. The van der Waals surface area contributed by atoms with E-state index < -0.39 is 0 Å². The van der Waals surface area contributed by atoms with Crippen molar-refractivity contribution in [1.29, 1.82) is 0 Å². The van der Waals surface area contributed by atoms with Crippen LogP contribution in [0.25, 0.3) is 5.69 Å². The van der Waals surface area contributed by atoms with Crippen molar-refractivity contribution < 1.29 is 9.53 Å². The Labute approximate surface area is 174 Å². The lowest BCUT2D eigenvalue weighted by Gasteiger charge is -2.10. The van der Waals surface area contributed by atoms with Crippen LogP contribution in [0.3, 0.4) is 0 Å². The second kappa shape index (κ2) is 8.57. The Hall–Kier alpha value is -2.66. The number of carbonyl (C=O) groups excluding carboxylic acids is 1. The molecule has 0 amide bonds. The summed E-state index contributed by atoms with van der Waals surface area (Å²) in [6.07, 6.45) is 1.89. The minimum atomic E-state index is -0.300. The summed E-state index contributed by atoms with van der Waals surface area (Å²) in [6, 6.07) is 15.7. The zero-order valence-corrected chi connectivity index (χ0v) is 18.1. The molecule has 3 aromatic rings. The van der Waals surface area contributed by atoms with E-state index in [9.17, 15) is 4.79 Å². The fourth-order valence-corrected chi connectivity index (χ4v) is 3.73. The first-order valence-electron chi connectivity index (χ1n) is 9.17. The maximum Gasteiger partial charge on any atom is 0.338 e. The molecule has 1 heterocycles. The molecule has 0 N–H and O–H groups in total. The van der Waals surface area contributed by atoms with Crippen LogP contribution in [0.2, 0.25) is 0 Å². The Morgan fingerprint density at radius 2 is 1.82 bits per heavy atom. The predicted octanol–water partition coefficient (Wildman–Crippen LogP) is 6.09. The van der Waals surface area contributed by atoms with E-state index in [1.807, 2.05) is 30.5 Å². The van der Waals surface area contributed by atoms with Crippen molar-refractivity contribution in [2.45, 2.75) is 27.7 Å². The zero-order valence-electron chi connectivity index (χ0n) is 16.5. The van der Waals surface area contributed by atoms with Crippen molar-refractivity contribution in [3.05, 3.63) is 81.1 Å². The molecule has 2 aromatic carbocycles. The van der Waals surface area contributed by atoms with E-state index in [0.29, 0.717) is 12.2 Å². The monoisotopic (exact) mass is 438 g/mol. The van der Waals surface area contributed by atoms with Gasteiger partial charge in [0.2, 0.25) is 0 Å². The van der Waals surface area contributed by atoms with E-state index >= 15 is 0 Å². The number of aryl methyl sites for hydroxylation is 2. The number of carbonyl (C=O) groups is 1. The summed E-state index contributed by atoms with van der Waals surface area (Å²) in [7, 11) is 0. The number of halogens is 1. The summed E-state index contributed by atoms with van der Waals surface area (Å²) >= 11 is 3.57. The Kier molecular flexibility index (Phi) is 6.15.